The highest BCUT2D eigenvalue weighted by Gasteiger charge is 2.52. The van der Waals surface area contributed by atoms with E-state index in [1.807, 2.05) is 33.8 Å². The van der Waals surface area contributed by atoms with Gasteiger partial charge in [0.15, 0.2) is 11.6 Å². The van der Waals surface area contributed by atoms with Crippen LogP contribution in [0, 0.1) is 5.82 Å². The minimum atomic E-state index is -1.70. The predicted octanol–water partition coefficient (Wildman–Crippen LogP) is 2.68. The smallest absolute Gasteiger partial charge is 0.494 e. The van der Waals surface area contributed by atoms with Crippen molar-refractivity contribution in [3.63, 3.8) is 0 Å². The summed E-state index contributed by atoms with van der Waals surface area (Å²) < 4.78 is 32.2. The zero-order chi connectivity index (χ0) is 16.9. The zero-order valence-electron chi connectivity index (χ0n) is 14.8. The number of benzene rings is 1. The summed E-state index contributed by atoms with van der Waals surface area (Å²) in [5.74, 6) is -0.0488. The Morgan fingerprint density at radius 2 is 1.55 bits per heavy atom. The number of halogens is 1. The Morgan fingerprint density at radius 1 is 1.05 bits per heavy atom. The highest BCUT2D eigenvalue weighted by molar-refractivity contribution is 6.89. The van der Waals surface area contributed by atoms with Gasteiger partial charge in [0.2, 0.25) is 0 Å². The summed E-state index contributed by atoms with van der Waals surface area (Å²) in [5.41, 5.74) is -0.582. The van der Waals surface area contributed by atoms with Gasteiger partial charge in [0, 0.05) is 5.46 Å². The fourth-order valence-electron chi connectivity index (χ4n) is 2.51. The molecule has 0 radical (unpaired) electrons. The Balaban J connectivity index is 2.47. The second-order valence-electron chi connectivity index (χ2n) is 7.89. The van der Waals surface area contributed by atoms with Gasteiger partial charge < -0.3 is 14.0 Å². The van der Waals surface area contributed by atoms with Gasteiger partial charge in [-0.15, -0.1) is 0 Å². The molecular formula is C16H26BFO3Si. The van der Waals surface area contributed by atoms with Crippen LogP contribution in [0.5, 0.6) is 5.75 Å². The lowest BCUT2D eigenvalue weighted by atomic mass is 9.78. The van der Waals surface area contributed by atoms with Crippen molar-refractivity contribution in [2.45, 2.75) is 58.5 Å². The first-order chi connectivity index (χ1) is 9.90. The van der Waals surface area contributed by atoms with Crippen LogP contribution in [0.3, 0.4) is 0 Å². The van der Waals surface area contributed by atoms with Gasteiger partial charge in [-0.1, -0.05) is 31.8 Å². The molecule has 0 spiro atoms. The molecule has 122 valence electrons. The fourth-order valence-corrected chi connectivity index (χ4v) is 3.99. The second-order valence-corrected chi connectivity index (χ2v) is 12.9. The molecule has 1 aromatic rings. The molecular weight excluding hydrogens is 298 g/mol. The lowest BCUT2D eigenvalue weighted by Gasteiger charge is -2.32. The van der Waals surface area contributed by atoms with Gasteiger partial charge in [0.05, 0.1) is 26.4 Å². The van der Waals surface area contributed by atoms with Gasteiger partial charge in [-0.3, -0.25) is 0 Å². The number of hydrogen-bond acceptors (Lipinski definition) is 3. The maximum Gasteiger partial charge on any atom is 0.497 e. The highest BCUT2D eigenvalue weighted by Crippen LogP contribution is 2.37. The van der Waals surface area contributed by atoms with Gasteiger partial charge in [-0.25, -0.2) is 4.39 Å². The topological polar surface area (TPSA) is 27.7 Å². The molecule has 6 heteroatoms. The molecule has 1 fully saturated rings. The van der Waals surface area contributed by atoms with E-state index in [1.165, 1.54) is 7.11 Å². The average Bonchev–Trinajstić information content (AvgIpc) is 2.56. The highest BCUT2D eigenvalue weighted by atomic mass is 28.3. The van der Waals surface area contributed by atoms with E-state index in [0.29, 0.717) is 11.2 Å². The Labute approximate surface area is 134 Å². The van der Waals surface area contributed by atoms with Crippen molar-refractivity contribution in [2.75, 3.05) is 7.11 Å². The maximum atomic E-state index is 15.0. The lowest BCUT2D eigenvalue weighted by molar-refractivity contribution is 0.00578. The molecule has 22 heavy (non-hydrogen) atoms. The fraction of sp³-hybridized carbons (Fsp3) is 0.625. The summed E-state index contributed by atoms with van der Waals surface area (Å²) >= 11 is 0. The molecule has 0 N–H and O–H groups in total. The average molecular weight is 324 g/mol. The first-order valence-corrected chi connectivity index (χ1v) is 11.1. The molecule has 1 heterocycles. The third kappa shape index (κ3) is 2.84. The molecule has 0 unspecified atom stereocenters. The molecule has 1 aliphatic heterocycles. The van der Waals surface area contributed by atoms with E-state index < -0.39 is 26.4 Å². The molecule has 0 aliphatic carbocycles. The molecule has 3 nitrogen and oxygen atoms in total. The molecule has 0 saturated carbocycles. The third-order valence-corrected chi connectivity index (χ3v) is 6.66. The van der Waals surface area contributed by atoms with E-state index >= 15 is 0 Å². The van der Waals surface area contributed by atoms with Crippen LogP contribution in [0.4, 0.5) is 4.39 Å². The lowest BCUT2D eigenvalue weighted by Crippen LogP contribution is -2.43. The number of hydrogen-bond donors (Lipinski definition) is 0. The summed E-state index contributed by atoms with van der Waals surface area (Å²) in [7, 11) is -0.899. The third-order valence-electron chi connectivity index (χ3n) is 4.65. The van der Waals surface area contributed by atoms with Crippen molar-refractivity contribution in [3.05, 3.63) is 17.9 Å². The van der Waals surface area contributed by atoms with Crippen LogP contribution >= 0.6 is 0 Å². The van der Waals surface area contributed by atoms with Gasteiger partial charge >= 0.3 is 7.12 Å². The maximum absolute atomic E-state index is 15.0. The molecule has 1 saturated heterocycles. The first-order valence-electron chi connectivity index (χ1n) is 7.63. The van der Waals surface area contributed by atoms with E-state index in [0.717, 1.165) is 5.19 Å². The Bertz CT molecular complexity index is 565. The van der Waals surface area contributed by atoms with Crippen LogP contribution in [0.1, 0.15) is 27.7 Å². The van der Waals surface area contributed by atoms with Crippen molar-refractivity contribution in [3.8, 4) is 5.75 Å². The minimum Gasteiger partial charge on any atom is -0.494 e. The predicted molar refractivity (Wildman–Crippen MR) is 91.6 cm³/mol. The molecule has 1 aliphatic rings. The van der Waals surface area contributed by atoms with Crippen LogP contribution < -0.4 is 15.4 Å². The Morgan fingerprint density at radius 3 is 1.95 bits per heavy atom. The summed E-state index contributed by atoms with van der Waals surface area (Å²) in [6, 6.07) is 3.72. The van der Waals surface area contributed by atoms with E-state index in [4.69, 9.17) is 14.0 Å². The van der Waals surface area contributed by atoms with Crippen molar-refractivity contribution >= 4 is 25.8 Å². The largest absolute Gasteiger partial charge is 0.497 e. The normalized spacial score (nSPS) is 20.3. The Kier molecular flexibility index (Phi) is 4.26. The molecule has 0 atom stereocenters. The van der Waals surface area contributed by atoms with Crippen LogP contribution in [0.2, 0.25) is 19.6 Å². The van der Waals surface area contributed by atoms with E-state index in [9.17, 15) is 4.39 Å². The van der Waals surface area contributed by atoms with Crippen LogP contribution in [-0.4, -0.2) is 33.5 Å². The van der Waals surface area contributed by atoms with Crippen LogP contribution in [0.25, 0.3) is 0 Å². The number of methoxy groups -OCH3 is 1. The van der Waals surface area contributed by atoms with Crippen molar-refractivity contribution in [1.29, 1.82) is 0 Å². The van der Waals surface area contributed by atoms with E-state index in [1.54, 1.807) is 6.07 Å². The Hall–Kier alpha value is -0.848. The monoisotopic (exact) mass is 324 g/mol. The molecule has 0 aromatic heterocycles. The SMILES string of the molecule is COc1c([Si](C)(C)C)ccc(B2OC(C)(C)C(C)(C)O2)c1F. The summed E-state index contributed by atoms with van der Waals surface area (Å²) in [6.45, 7) is 14.3. The van der Waals surface area contributed by atoms with Crippen molar-refractivity contribution < 1.29 is 18.4 Å². The van der Waals surface area contributed by atoms with Gasteiger partial charge in [0.1, 0.15) is 0 Å². The summed E-state index contributed by atoms with van der Waals surface area (Å²) in [4.78, 5) is 0. The summed E-state index contributed by atoms with van der Waals surface area (Å²) in [5, 5.41) is 0.966. The second kappa shape index (κ2) is 5.36. The summed E-state index contributed by atoms with van der Waals surface area (Å²) in [6.07, 6.45) is 0. The van der Waals surface area contributed by atoms with Gasteiger partial charge in [-0.05, 0) is 32.9 Å². The standard InChI is InChI=1S/C16H26BFO3Si/c1-15(2)16(3,4)21-17(20-15)11-9-10-12(22(6,7)8)14(19-5)13(11)18/h9-10H,1-8H3. The van der Waals surface area contributed by atoms with Crippen LogP contribution in [-0.2, 0) is 9.31 Å². The van der Waals surface area contributed by atoms with Gasteiger partial charge in [0.25, 0.3) is 0 Å². The molecule has 0 bridgehead atoms. The molecule has 2 rings (SSSR count). The molecule has 0 amide bonds. The number of rotatable bonds is 3. The van der Waals surface area contributed by atoms with Crippen molar-refractivity contribution in [2.24, 2.45) is 0 Å². The van der Waals surface area contributed by atoms with E-state index in [2.05, 4.69) is 19.6 Å². The van der Waals surface area contributed by atoms with Crippen LogP contribution in [0.15, 0.2) is 12.1 Å². The van der Waals surface area contributed by atoms with E-state index in [-0.39, 0.29) is 5.82 Å². The van der Waals surface area contributed by atoms with Crippen molar-refractivity contribution in [1.82, 2.24) is 0 Å². The first kappa shape index (κ1) is 17.5. The quantitative estimate of drug-likeness (QED) is 0.800. The van der Waals surface area contributed by atoms with Gasteiger partial charge in [-0.2, -0.15) is 0 Å². The zero-order valence-corrected chi connectivity index (χ0v) is 15.8. The number of ether oxygens (including phenoxy) is 1. The molecule has 1 aromatic carbocycles. The minimum absolute atomic E-state index is 0.325.